The Bertz CT molecular complexity index is 826. The molecular weight excluding hydrogens is 346 g/mol. The van der Waals surface area contributed by atoms with Gasteiger partial charge in [-0.15, -0.1) is 0 Å². The van der Waals surface area contributed by atoms with Gasteiger partial charge in [0.25, 0.3) is 5.91 Å². The first kappa shape index (κ1) is 14.8. The third-order valence-corrected chi connectivity index (χ3v) is 3.91. The zero-order valence-electron chi connectivity index (χ0n) is 11.9. The van der Waals surface area contributed by atoms with Crippen molar-refractivity contribution in [3.63, 3.8) is 0 Å². The summed E-state index contributed by atoms with van der Waals surface area (Å²) in [6, 6.07) is 14.9. The lowest BCUT2D eigenvalue weighted by atomic mass is 10.2. The van der Waals surface area contributed by atoms with E-state index in [1.807, 2.05) is 42.5 Å². The number of rotatable bonds is 4. The fourth-order valence-electron chi connectivity index (χ4n) is 2.25. The summed E-state index contributed by atoms with van der Waals surface area (Å²) in [6.45, 7) is 0.433. The number of para-hydroxylation sites is 2. The van der Waals surface area contributed by atoms with E-state index in [4.69, 9.17) is 9.15 Å². The standard InChI is InChI=1S/C17H14BrNO3/c1-21-10-12-5-2-3-8-14(12)19-17(20)15-9-11-6-4-7-13(18)16(11)22-15/h2-9H,10H2,1H3,(H,19,20). The number of halogens is 1. The van der Waals surface area contributed by atoms with Crippen LogP contribution in [0.4, 0.5) is 5.69 Å². The third-order valence-electron chi connectivity index (χ3n) is 3.29. The fourth-order valence-corrected chi connectivity index (χ4v) is 2.71. The molecule has 3 aromatic rings. The number of nitrogens with one attached hydrogen (secondary N) is 1. The van der Waals surface area contributed by atoms with E-state index in [2.05, 4.69) is 21.2 Å². The van der Waals surface area contributed by atoms with Crippen molar-refractivity contribution in [1.82, 2.24) is 0 Å². The molecule has 0 aliphatic heterocycles. The highest BCUT2D eigenvalue weighted by atomic mass is 79.9. The molecule has 2 aromatic carbocycles. The molecule has 0 saturated carbocycles. The first-order valence-corrected chi connectivity index (χ1v) is 7.54. The van der Waals surface area contributed by atoms with Crippen LogP contribution in [0.25, 0.3) is 11.0 Å². The lowest BCUT2D eigenvalue weighted by Gasteiger charge is -2.09. The van der Waals surface area contributed by atoms with Crippen molar-refractivity contribution in [2.75, 3.05) is 12.4 Å². The number of fused-ring (bicyclic) bond motifs is 1. The van der Waals surface area contributed by atoms with Gasteiger partial charge in [0.15, 0.2) is 5.76 Å². The summed E-state index contributed by atoms with van der Waals surface area (Å²) in [5.41, 5.74) is 2.29. The number of amides is 1. The SMILES string of the molecule is COCc1ccccc1NC(=O)c1cc2cccc(Br)c2o1. The number of benzene rings is 2. The van der Waals surface area contributed by atoms with E-state index in [1.54, 1.807) is 13.2 Å². The van der Waals surface area contributed by atoms with E-state index >= 15 is 0 Å². The maximum absolute atomic E-state index is 12.4. The zero-order chi connectivity index (χ0) is 15.5. The Kier molecular flexibility index (Phi) is 4.27. The molecule has 0 radical (unpaired) electrons. The Morgan fingerprint density at radius 2 is 2.05 bits per heavy atom. The van der Waals surface area contributed by atoms with Crippen molar-refractivity contribution in [1.29, 1.82) is 0 Å². The van der Waals surface area contributed by atoms with E-state index in [0.29, 0.717) is 17.9 Å². The van der Waals surface area contributed by atoms with Crippen LogP contribution in [0.3, 0.4) is 0 Å². The summed E-state index contributed by atoms with van der Waals surface area (Å²) in [6.07, 6.45) is 0. The summed E-state index contributed by atoms with van der Waals surface area (Å²) in [5.74, 6) is -0.0132. The number of ether oxygens (including phenoxy) is 1. The maximum atomic E-state index is 12.4. The molecule has 0 bridgehead atoms. The van der Waals surface area contributed by atoms with Crippen LogP contribution in [-0.4, -0.2) is 13.0 Å². The molecule has 3 rings (SSSR count). The number of carbonyl (C=O) groups excluding carboxylic acids is 1. The van der Waals surface area contributed by atoms with Crippen LogP contribution in [-0.2, 0) is 11.3 Å². The second kappa shape index (κ2) is 6.34. The van der Waals surface area contributed by atoms with Crippen LogP contribution < -0.4 is 5.32 Å². The van der Waals surface area contributed by atoms with Gasteiger partial charge in [-0.05, 0) is 34.1 Å². The van der Waals surface area contributed by atoms with E-state index in [1.165, 1.54) is 0 Å². The topological polar surface area (TPSA) is 51.5 Å². The first-order valence-electron chi connectivity index (χ1n) is 6.75. The molecule has 0 unspecified atom stereocenters. The minimum atomic E-state index is -0.286. The van der Waals surface area contributed by atoms with Crippen molar-refractivity contribution in [3.05, 3.63) is 64.3 Å². The van der Waals surface area contributed by atoms with E-state index in [0.717, 1.165) is 15.4 Å². The Balaban J connectivity index is 1.89. The molecule has 1 aromatic heterocycles. The number of furan rings is 1. The summed E-state index contributed by atoms with van der Waals surface area (Å²) in [4.78, 5) is 12.4. The highest BCUT2D eigenvalue weighted by Gasteiger charge is 2.15. The van der Waals surface area contributed by atoms with Crippen molar-refractivity contribution < 1.29 is 13.9 Å². The second-order valence-corrected chi connectivity index (χ2v) is 5.67. The van der Waals surface area contributed by atoms with Crippen LogP contribution in [0.5, 0.6) is 0 Å². The molecule has 5 heteroatoms. The van der Waals surface area contributed by atoms with Crippen LogP contribution >= 0.6 is 15.9 Å². The van der Waals surface area contributed by atoms with Crippen molar-refractivity contribution in [2.45, 2.75) is 6.61 Å². The van der Waals surface area contributed by atoms with Gasteiger partial charge in [-0.25, -0.2) is 0 Å². The number of hydrogen-bond donors (Lipinski definition) is 1. The van der Waals surface area contributed by atoms with Crippen LogP contribution in [0, 0.1) is 0 Å². The van der Waals surface area contributed by atoms with Gasteiger partial charge in [-0.3, -0.25) is 4.79 Å². The van der Waals surface area contributed by atoms with Crippen LogP contribution in [0.2, 0.25) is 0 Å². The van der Waals surface area contributed by atoms with Crippen molar-refractivity contribution >= 4 is 38.5 Å². The zero-order valence-corrected chi connectivity index (χ0v) is 13.5. The normalized spacial score (nSPS) is 10.8. The Morgan fingerprint density at radius 3 is 2.82 bits per heavy atom. The molecule has 4 nitrogen and oxygen atoms in total. The highest BCUT2D eigenvalue weighted by molar-refractivity contribution is 9.10. The first-order chi connectivity index (χ1) is 10.7. The maximum Gasteiger partial charge on any atom is 0.291 e. The Hall–Kier alpha value is -2.11. The van der Waals surface area contributed by atoms with E-state index in [-0.39, 0.29) is 11.7 Å². The molecule has 0 aliphatic carbocycles. The van der Waals surface area contributed by atoms with Gasteiger partial charge in [0.1, 0.15) is 5.58 Å². The molecule has 1 N–H and O–H groups in total. The largest absolute Gasteiger partial charge is 0.450 e. The number of hydrogen-bond acceptors (Lipinski definition) is 3. The van der Waals surface area contributed by atoms with Crippen LogP contribution in [0.1, 0.15) is 16.1 Å². The molecule has 22 heavy (non-hydrogen) atoms. The number of methoxy groups -OCH3 is 1. The summed E-state index contributed by atoms with van der Waals surface area (Å²) >= 11 is 3.42. The Labute approximate surface area is 136 Å². The smallest absolute Gasteiger partial charge is 0.291 e. The molecule has 0 saturated heterocycles. The third kappa shape index (κ3) is 2.91. The van der Waals surface area contributed by atoms with Gasteiger partial charge in [0.2, 0.25) is 0 Å². The van der Waals surface area contributed by atoms with Gasteiger partial charge < -0.3 is 14.5 Å². The lowest BCUT2D eigenvalue weighted by molar-refractivity contribution is 0.0998. The summed E-state index contributed by atoms with van der Waals surface area (Å²) in [5, 5.41) is 3.74. The fraction of sp³-hybridized carbons (Fsp3) is 0.118. The molecule has 112 valence electrons. The summed E-state index contributed by atoms with van der Waals surface area (Å²) < 4.78 is 11.6. The van der Waals surface area contributed by atoms with Gasteiger partial charge in [0.05, 0.1) is 11.1 Å². The van der Waals surface area contributed by atoms with Crippen LogP contribution in [0.15, 0.2) is 57.4 Å². The molecule has 1 heterocycles. The van der Waals surface area contributed by atoms with Gasteiger partial charge in [0, 0.05) is 23.7 Å². The number of anilines is 1. The predicted molar refractivity (Wildman–Crippen MR) is 89.0 cm³/mol. The monoisotopic (exact) mass is 359 g/mol. The molecule has 0 fully saturated rings. The molecule has 0 spiro atoms. The van der Waals surface area contributed by atoms with Gasteiger partial charge >= 0.3 is 0 Å². The van der Waals surface area contributed by atoms with E-state index < -0.39 is 0 Å². The van der Waals surface area contributed by atoms with Gasteiger partial charge in [-0.1, -0.05) is 30.3 Å². The molecule has 1 amide bonds. The van der Waals surface area contributed by atoms with Crippen molar-refractivity contribution in [2.24, 2.45) is 0 Å². The average molecular weight is 360 g/mol. The summed E-state index contributed by atoms with van der Waals surface area (Å²) in [7, 11) is 1.62. The second-order valence-electron chi connectivity index (χ2n) is 4.81. The van der Waals surface area contributed by atoms with Gasteiger partial charge in [-0.2, -0.15) is 0 Å². The minimum Gasteiger partial charge on any atom is -0.450 e. The average Bonchev–Trinajstić information content (AvgIpc) is 2.95. The Morgan fingerprint density at radius 1 is 1.23 bits per heavy atom. The quantitative estimate of drug-likeness (QED) is 0.740. The van der Waals surface area contributed by atoms with Crippen molar-refractivity contribution in [3.8, 4) is 0 Å². The lowest BCUT2D eigenvalue weighted by Crippen LogP contribution is -2.12. The predicted octanol–water partition coefficient (Wildman–Crippen LogP) is 4.59. The molecular formula is C17H14BrNO3. The van der Waals surface area contributed by atoms with E-state index in [9.17, 15) is 4.79 Å². The molecule has 0 atom stereocenters. The number of carbonyl (C=O) groups is 1. The minimum absolute atomic E-state index is 0.272. The molecule has 0 aliphatic rings. The highest BCUT2D eigenvalue weighted by Crippen LogP contribution is 2.27.